The Balaban J connectivity index is 1.96. The zero-order valence-corrected chi connectivity index (χ0v) is 12.4. The molecule has 0 saturated heterocycles. The van der Waals surface area contributed by atoms with Gasteiger partial charge in [0.15, 0.2) is 11.9 Å². The molecule has 4 nitrogen and oxygen atoms in total. The number of ether oxygens (including phenoxy) is 2. The number of carbonyl (C=O) groups excluding carboxylic acids is 2. The van der Waals surface area contributed by atoms with E-state index in [1.807, 2.05) is 0 Å². The minimum Gasteiger partial charge on any atom is -0.482 e. The van der Waals surface area contributed by atoms with Gasteiger partial charge in [-0.1, -0.05) is 0 Å². The third-order valence-corrected chi connectivity index (χ3v) is 3.07. The van der Waals surface area contributed by atoms with Crippen LogP contribution in [0.15, 0.2) is 18.2 Å². The van der Waals surface area contributed by atoms with Crippen LogP contribution in [-0.4, -0.2) is 23.5 Å². The maximum absolute atomic E-state index is 13.1. The molecule has 5 heteroatoms. The zero-order valence-electron chi connectivity index (χ0n) is 12.4. The van der Waals surface area contributed by atoms with Crippen LogP contribution in [0.25, 0.3) is 0 Å². The number of fused-ring (bicyclic) bond motifs is 1. The highest BCUT2D eigenvalue weighted by atomic mass is 19.1. The molecule has 0 bridgehead atoms. The summed E-state index contributed by atoms with van der Waals surface area (Å²) >= 11 is 0. The van der Waals surface area contributed by atoms with Gasteiger partial charge in [-0.3, -0.25) is 9.59 Å². The largest absolute Gasteiger partial charge is 0.482 e. The van der Waals surface area contributed by atoms with Crippen molar-refractivity contribution in [3.63, 3.8) is 0 Å². The summed E-state index contributed by atoms with van der Waals surface area (Å²) in [6, 6.07) is 4.21. The second kappa shape index (κ2) is 5.84. The summed E-state index contributed by atoms with van der Waals surface area (Å²) in [5.41, 5.74) is 0.130. The average Bonchev–Trinajstić information content (AvgIpc) is 2.35. The topological polar surface area (TPSA) is 52.6 Å². The van der Waals surface area contributed by atoms with Gasteiger partial charge in [-0.05, 0) is 57.4 Å². The van der Waals surface area contributed by atoms with E-state index < -0.39 is 17.7 Å². The molecule has 1 atom stereocenters. The number of hydrogen-bond donors (Lipinski definition) is 0. The van der Waals surface area contributed by atoms with Gasteiger partial charge in [0, 0.05) is 0 Å². The normalized spacial score (nSPS) is 17.6. The second-order valence-corrected chi connectivity index (χ2v) is 6.13. The van der Waals surface area contributed by atoms with Crippen molar-refractivity contribution < 1.29 is 23.5 Å². The molecule has 0 amide bonds. The van der Waals surface area contributed by atoms with E-state index in [9.17, 15) is 14.0 Å². The number of aryl methyl sites for hydroxylation is 1. The molecule has 0 radical (unpaired) electrons. The van der Waals surface area contributed by atoms with Crippen LogP contribution in [0.5, 0.6) is 5.75 Å². The summed E-state index contributed by atoms with van der Waals surface area (Å²) in [6.45, 7) is 5.24. The van der Waals surface area contributed by atoms with E-state index >= 15 is 0 Å². The Morgan fingerprint density at radius 3 is 2.76 bits per heavy atom. The molecule has 0 spiro atoms. The van der Waals surface area contributed by atoms with Crippen LogP contribution in [0.1, 0.15) is 39.2 Å². The predicted octanol–water partition coefficient (Wildman–Crippen LogP) is 2.82. The molecule has 0 aromatic heterocycles. The second-order valence-electron chi connectivity index (χ2n) is 6.13. The number of Topliss-reactive ketones (excluding diaryl/α,β-unsaturated/α-hetero) is 1. The Morgan fingerprint density at radius 1 is 1.38 bits per heavy atom. The third kappa shape index (κ3) is 4.28. The number of hydrogen-bond acceptors (Lipinski definition) is 4. The van der Waals surface area contributed by atoms with Crippen LogP contribution < -0.4 is 4.74 Å². The first-order valence-electron chi connectivity index (χ1n) is 6.94. The Kier molecular flexibility index (Phi) is 4.30. The van der Waals surface area contributed by atoms with Crippen LogP contribution >= 0.6 is 0 Å². The van der Waals surface area contributed by atoms with Crippen molar-refractivity contribution in [2.24, 2.45) is 0 Å². The molecule has 0 fully saturated rings. The maximum atomic E-state index is 13.1. The summed E-state index contributed by atoms with van der Waals surface area (Å²) < 4.78 is 23.8. The van der Waals surface area contributed by atoms with Crippen molar-refractivity contribution in [2.75, 3.05) is 0 Å². The molecule has 1 aliphatic heterocycles. The van der Waals surface area contributed by atoms with Crippen LogP contribution in [0.4, 0.5) is 4.39 Å². The van der Waals surface area contributed by atoms with Crippen LogP contribution in [0.3, 0.4) is 0 Å². The molecule has 1 aromatic rings. The first-order valence-corrected chi connectivity index (χ1v) is 6.94. The first kappa shape index (κ1) is 15.5. The molecule has 2 rings (SSSR count). The summed E-state index contributed by atoms with van der Waals surface area (Å²) in [5, 5.41) is 0. The Labute approximate surface area is 123 Å². The van der Waals surface area contributed by atoms with Crippen LogP contribution in [0.2, 0.25) is 0 Å². The standard InChI is InChI=1S/C16H19FO4/c1-16(2,3)21-15(19)9-12(18)14-6-4-10-8-11(17)5-7-13(10)20-14/h5,7-8,14H,4,6,9H2,1-3H3/t14-/m1/s1. The number of benzene rings is 1. The number of rotatable bonds is 3. The van der Waals surface area contributed by atoms with E-state index in [0.717, 1.165) is 5.56 Å². The average molecular weight is 294 g/mol. The number of carbonyl (C=O) groups is 2. The minimum atomic E-state index is -0.671. The smallest absolute Gasteiger partial charge is 0.313 e. The molecule has 0 unspecified atom stereocenters. The van der Waals surface area contributed by atoms with Gasteiger partial charge < -0.3 is 9.47 Å². The maximum Gasteiger partial charge on any atom is 0.313 e. The van der Waals surface area contributed by atoms with Gasteiger partial charge in [0.2, 0.25) is 0 Å². The lowest BCUT2D eigenvalue weighted by Gasteiger charge is -2.25. The van der Waals surface area contributed by atoms with E-state index in [-0.39, 0.29) is 18.0 Å². The lowest BCUT2D eigenvalue weighted by molar-refractivity contribution is -0.157. The monoisotopic (exact) mass is 294 g/mol. The number of esters is 1. The van der Waals surface area contributed by atoms with Crippen molar-refractivity contribution in [1.82, 2.24) is 0 Å². The first-order chi connectivity index (χ1) is 9.74. The predicted molar refractivity (Wildman–Crippen MR) is 74.6 cm³/mol. The van der Waals surface area contributed by atoms with Gasteiger partial charge in [0.25, 0.3) is 0 Å². The quantitative estimate of drug-likeness (QED) is 0.635. The fraction of sp³-hybridized carbons (Fsp3) is 0.500. The van der Waals surface area contributed by atoms with Crippen molar-refractivity contribution in [2.45, 2.75) is 51.7 Å². The van der Waals surface area contributed by atoms with Crippen LogP contribution in [-0.2, 0) is 20.7 Å². The highest BCUT2D eigenvalue weighted by Gasteiger charge is 2.29. The molecule has 1 aliphatic rings. The highest BCUT2D eigenvalue weighted by molar-refractivity contribution is 5.98. The summed E-state index contributed by atoms with van der Waals surface area (Å²) in [7, 11) is 0. The minimum absolute atomic E-state index is 0.306. The third-order valence-electron chi connectivity index (χ3n) is 3.07. The van der Waals surface area contributed by atoms with Crippen molar-refractivity contribution >= 4 is 11.8 Å². The highest BCUT2D eigenvalue weighted by Crippen LogP contribution is 2.28. The SMILES string of the molecule is CC(C)(C)OC(=O)CC(=O)[C@H]1CCc2cc(F)ccc2O1. The Bertz CT molecular complexity index is 560. The molecule has 21 heavy (non-hydrogen) atoms. The molecular formula is C16H19FO4. The van der Waals surface area contributed by atoms with Crippen molar-refractivity contribution in [3.05, 3.63) is 29.6 Å². The fourth-order valence-electron chi connectivity index (χ4n) is 2.22. The molecule has 1 aromatic carbocycles. The molecule has 114 valence electrons. The molecule has 0 aliphatic carbocycles. The molecular weight excluding hydrogens is 275 g/mol. The number of ketones is 1. The lowest BCUT2D eigenvalue weighted by Crippen LogP contribution is -2.34. The molecule has 1 heterocycles. The van der Waals surface area contributed by atoms with Gasteiger partial charge in [-0.25, -0.2) is 4.39 Å². The van der Waals surface area contributed by atoms with Crippen molar-refractivity contribution in [3.8, 4) is 5.75 Å². The van der Waals surface area contributed by atoms with Crippen LogP contribution in [0, 0.1) is 5.82 Å². The van der Waals surface area contributed by atoms with E-state index in [0.29, 0.717) is 18.6 Å². The van der Waals surface area contributed by atoms with E-state index in [1.165, 1.54) is 18.2 Å². The summed E-state index contributed by atoms with van der Waals surface area (Å²) in [4.78, 5) is 23.7. The van der Waals surface area contributed by atoms with Gasteiger partial charge in [-0.15, -0.1) is 0 Å². The van der Waals surface area contributed by atoms with E-state index in [4.69, 9.17) is 9.47 Å². The molecule has 0 N–H and O–H groups in total. The van der Waals surface area contributed by atoms with E-state index in [2.05, 4.69) is 0 Å². The number of halogens is 1. The summed E-state index contributed by atoms with van der Waals surface area (Å²) in [5.74, 6) is -0.679. The Morgan fingerprint density at radius 2 is 2.10 bits per heavy atom. The van der Waals surface area contributed by atoms with Gasteiger partial charge in [0.05, 0.1) is 0 Å². The van der Waals surface area contributed by atoms with Gasteiger partial charge >= 0.3 is 5.97 Å². The van der Waals surface area contributed by atoms with Crippen molar-refractivity contribution in [1.29, 1.82) is 0 Å². The Hall–Kier alpha value is -1.91. The lowest BCUT2D eigenvalue weighted by atomic mass is 9.98. The molecule has 0 saturated carbocycles. The van der Waals surface area contributed by atoms with Gasteiger partial charge in [-0.2, -0.15) is 0 Å². The fourth-order valence-corrected chi connectivity index (χ4v) is 2.22. The summed E-state index contributed by atoms with van der Waals surface area (Å²) in [6.07, 6.45) is 0.0180. The zero-order chi connectivity index (χ0) is 15.6. The van der Waals surface area contributed by atoms with E-state index in [1.54, 1.807) is 20.8 Å². The van der Waals surface area contributed by atoms with Gasteiger partial charge in [0.1, 0.15) is 23.6 Å².